The van der Waals surface area contributed by atoms with Gasteiger partial charge < -0.3 is 14.6 Å². The van der Waals surface area contributed by atoms with Crippen LogP contribution >= 0.6 is 0 Å². The number of nitrogens with one attached hydrogen (secondary N) is 1. The number of amides is 1. The summed E-state index contributed by atoms with van der Waals surface area (Å²) in [6, 6.07) is 14.2. The topological polar surface area (TPSA) is 80.2 Å². The molecule has 1 aliphatic heterocycles. The van der Waals surface area contributed by atoms with E-state index >= 15 is 0 Å². The van der Waals surface area contributed by atoms with E-state index in [1.54, 1.807) is 30.3 Å². The molecule has 1 amide bonds. The molecule has 0 aromatic heterocycles. The van der Waals surface area contributed by atoms with E-state index in [2.05, 4.69) is 10.5 Å². The zero-order valence-corrected chi connectivity index (χ0v) is 12.8. The number of aliphatic hydroxyl groups is 1. The molecule has 0 bridgehead atoms. The molecule has 1 atom stereocenters. The van der Waals surface area contributed by atoms with Crippen LogP contribution in [0, 0.1) is 0 Å². The quantitative estimate of drug-likeness (QED) is 0.653. The standard InChI is InChI=1S/C18H16N2O4/c21-17(14-6-2-1-3-7-14)18(22)20-19-10-4-5-13-8-9-15-16(11-13)24-12-23-15/h1-11,17,21H,12H2,(H,20,22). The summed E-state index contributed by atoms with van der Waals surface area (Å²) in [5.74, 6) is 0.838. The molecule has 2 aromatic rings. The van der Waals surface area contributed by atoms with Crippen molar-refractivity contribution in [2.24, 2.45) is 5.10 Å². The van der Waals surface area contributed by atoms with Gasteiger partial charge in [-0.15, -0.1) is 0 Å². The molecule has 1 unspecified atom stereocenters. The summed E-state index contributed by atoms with van der Waals surface area (Å²) in [6.07, 6.45) is 3.67. The van der Waals surface area contributed by atoms with Gasteiger partial charge in [-0.2, -0.15) is 5.10 Å². The second kappa shape index (κ2) is 7.43. The molecule has 0 aliphatic carbocycles. The Morgan fingerprint density at radius 3 is 2.79 bits per heavy atom. The van der Waals surface area contributed by atoms with Crippen LogP contribution in [0.25, 0.3) is 6.08 Å². The molecule has 122 valence electrons. The van der Waals surface area contributed by atoms with Crippen molar-refractivity contribution in [3.05, 3.63) is 65.7 Å². The van der Waals surface area contributed by atoms with E-state index in [1.165, 1.54) is 6.21 Å². The Labute approximate surface area is 139 Å². The SMILES string of the molecule is O=C(NN=CC=Cc1ccc2c(c1)OCO2)C(O)c1ccccc1. The number of benzene rings is 2. The molecule has 0 saturated carbocycles. The van der Waals surface area contributed by atoms with E-state index in [0.717, 1.165) is 11.3 Å². The van der Waals surface area contributed by atoms with E-state index in [-0.39, 0.29) is 6.79 Å². The van der Waals surface area contributed by atoms with E-state index in [4.69, 9.17) is 9.47 Å². The van der Waals surface area contributed by atoms with E-state index in [1.807, 2.05) is 30.3 Å². The fourth-order valence-electron chi connectivity index (χ4n) is 2.16. The lowest BCUT2D eigenvalue weighted by Gasteiger charge is -2.08. The van der Waals surface area contributed by atoms with Gasteiger partial charge in [0.1, 0.15) is 0 Å². The molecule has 6 heteroatoms. The number of hydrazone groups is 1. The maximum Gasteiger partial charge on any atom is 0.273 e. The van der Waals surface area contributed by atoms with Crippen molar-refractivity contribution in [3.8, 4) is 11.5 Å². The van der Waals surface area contributed by atoms with Crippen molar-refractivity contribution in [2.45, 2.75) is 6.10 Å². The van der Waals surface area contributed by atoms with Crippen LogP contribution in [0.2, 0.25) is 0 Å². The molecule has 0 spiro atoms. The van der Waals surface area contributed by atoms with Gasteiger partial charge in [0.05, 0.1) is 0 Å². The monoisotopic (exact) mass is 324 g/mol. The van der Waals surface area contributed by atoms with Crippen molar-refractivity contribution in [1.29, 1.82) is 0 Å². The van der Waals surface area contributed by atoms with Gasteiger partial charge in [0.2, 0.25) is 6.79 Å². The van der Waals surface area contributed by atoms with Gasteiger partial charge in [-0.25, -0.2) is 5.43 Å². The number of rotatable bonds is 5. The molecular formula is C18H16N2O4. The lowest BCUT2D eigenvalue weighted by Crippen LogP contribution is -2.24. The largest absolute Gasteiger partial charge is 0.454 e. The molecule has 24 heavy (non-hydrogen) atoms. The Bertz CT molecular complexity index is 772. The summed E-state index contributed by atoms with van der Waals surface area (Å²) >= 11 is 0. The molecule has 2 N–H and O–H groups in total. The van der Waals surface area contributed by atoms with Crippen molar-refractivity contribution >= 4 is 18.2 Å². The van der Waals surface area contributed by atoms with Crippen molar-refractivity contribution in [1.82, 2.24) is 5.43 Å². The van der Waals surface area contributed by atoms with Crippen LogP contribution in [0.15, 0.2) is 59.7 Å². The highest BCUT2D eigenvalue weighted by Gasteiger charge is 2.15. The Morgan fingerprint density at radius 1 is 1.17 bits per heavy atom. The number of hydrogen-bond acceptors (Lipinski definition) is 5. The average molecular weight is 324 g/mol. The molecule has 0 saturated heterocycles. The summed E-state index contributed by atoms with van der Waals surface area (Å²) in [5.41, 5.74) is 3.73. The Kier molecular flexibility index (Phi) is 4.88. The summed E-state index contributed by atoms with van der Waals surface area (Å²) in [7, 11) is 0. The first kappa shape index (κ1) is 15.8. The third kappa shape index (κ3) is 3.80. The first-order valence-corrected chi connectivity index (χ1v) is 7.36. The Balaban J connectivity index is 1.52. The van der Waals surface area contributed by atoms with Gasteiger partial charge in [0, 0.05) is 6.21 Å². The zero-order chi connectivity index (χ0) is 16.8. The number of carbonyl (C=O) groups excluding carboxylic acids is 1. The smallest absolute Gasteiger partial charge is 0.273 e. The molecule has 1 heterocycles. The van der Waals surface area contributed by atoms with Gasteiger partial charge in [-0.1, -0.05) is 42.5 Å². The number of hydrogen-bond donors (Lipinski definition) is 2. The second-order valence-electron chi connectivity index (χ2n) is 5.04. The summed E-state index contributed by atoms with van der Waals surface area (Å²) in [4.78, 5) is 11.8. The van der Waals surface area contributed by atoms with Gasteiger partial charge in [0.15, 0.2) is 17.6 Å². The third-order valence-electron chi connectivity index (χ3n) is 3.38. The Hall–Kier alpha value is -3.12. The minimum Gasteiger partial charge on any atom is -0.454 e. The Morgan fingerprint density at radius 2 is 1.96 bits per heavy atom. The first-order valence-electron chi connectivity index (χ1n) is 7.36. The number of aliphatic hydroxyl groups excluding tert-OH is 1. The van der Waals surface area contributed by atoms with Crippen molar-refractivity contribution in [2.75, 3.05) is 6.79 Å². The molecule has 1 aliphatic rings. The number of carbonyl (C=O) groups is 1. The molecule has 0 fully saturated rings. The normalized spacial score (nSPS) is 14.2. The highest BCUT2D eigenvalue weighted by molar-refractivity contribution is 5.84. The van der Waals surface area contributed by atoms with Crippen LogP contribution in [-0.2, 0) is 4.79 Å². The number of ether oxygens (including phenoxy) is 2. The molecule has 6 nitrogen and oxygen atoms in total. The lowest BCUT2D eigenvalue weighted by atomic mass is 10.1. The van der Waals surface area contributed by atoms with Crippen LogP contribution < -0.4 is 14.9 Å². The van der Waals surface area contributed by atoms with Crippen LogP contribution in [0.5, 0.6) is 11.5 Å². The first-order chi connectivity index (χ1) is 11.7. The summed E-state index contributed by atoms with van der Waals surface area (Å²) in [6.45, 7) is 0.236. The fraction of sp³-hybridized carbons (Fsp3) is 0.111. The molecular weight excluding hydrogens is 308 g/mol. The minimum absolute atomic E-state index is 0.236. The van der Waals surface area contributed by atoms with Crippen LogP contribution in [0.1, 0.15) is 17.2 Å². The van der Waals surface area contributed by atoms with Crippen molar-refractivity contribution in [3.63, 3.8) is 0 Å². The molecule has 3 rings (SSSR count). The highest BCUT2D eigenvalue weighted by atomic mass is 16.7. The predicted molar refractivity (Wildman–Crippen MR) is 89.6 cm³/mol. The lowest BCUT2D eigenvalue weighted by molar-refractivity contribution is -0.129. The number of allylic oxidation sites excluding steroid dienone is 1. The van der Waals surface area contributed by atoms with E-state index in [0.29, 0.717) is 11.3 Å². The molecule has 2 aromatic carbocycles. The maximum absolute atomic E-state index is 11.8. The fourth-order valence-corrected chi connectivity index (χ4v) is 2.16. The average Bonchev–Trinajstić information content (AvgIpc) is 3.09. The summed E-state index contributed by atoms with van der Waals surface area (Å²) < 4.78 is 10.5. The predicted octanol–water partition coefficient (Wildman–Crippen LogP) is 2.26. The maximum atomic E-state index is 11.8. The number of nitrogens with zero attached hydrogens (tertiary/aromatic N) is 1. The third-order valence-corrected chi connectivity index (χ3v) is 3.38. The van der Waals surface area contributed by atoms with Gasteiger partial charge in [-0.3, -0.25) is 4.79 Å². The molecule has 0 radical (unpaired) electrons. The van der Waals surface area contributed by atoms with Gasteiger partial charge >= 0.3 is 0 Å². The van der Waals surface area contributed by atoms with E-state index in [9.17, 15) is 9.90 Å². The highest BCUT2D eigenvalue weighted by Crippen LogP contribution is 2.32. The van der Waals surface area contributed by atoms with Gasteiger partial charge in [0.25, 0.3) is 5.91 Å². The van der Waals surface area contributed by atoms with Crippen molar-refractivity contribution < 1.29 is 19.4 Å². The minimum atomic E-state index is -1.25. The zero-order valence-electron chi connectivity index (χ0n) is 12.8. The van der Waals surface area contributed by atoms with Crippen LogP contribution in [0.3, 0.4) is 0 Å². The number of fused-ring (bicyclic) bond motifs is 1. The van der Waals surface area contributed by atoms with Crippen LogP contribution in [0.4, 0.5) is 0 Å². The van der Waals surface area contributed by atoms with Gasteiger partial charge in [-0.05, 0) is 29.3 Å². The summed E-state index contributed by atoms with van der Waals surface area (Å²) in [5, 5.41) is 13.7. The van der Waals surface area contributed by atoms with Crippen LogP contribution in [-0.4, -0.2) is 24.0 Å². The second-order valence-corrected chi connectivity index (χ2v) is 5.04. The van der Waals surface area contributed by atoms with E-state index < -0.39 is 12.0 Å².